The van der Waals surface area contributed by atoms with Crippen LogP contribution in [0.2, 0.25) is 0 Å². The molecule has 2 amide bonds. The smallest absolute Gasteiger partial charge is 0.227 e. The minimum atomic E-state index is -1.08. The molecule has 0 aliphatic rings. The molecule has 2 aromatic carbocycles. The maximum atomic E-state index is 13.1. The highest BCUT2D eigenvalue weighted by Crippen LogP contribution is 2.18. The van der Waals surface area contributed by atoms with Gasteiger partial charge < -0.3 is 16.2 Å². The first-order valence-electron chi connectivity index (χ1n) is 7.04. The van der Waals surface area contributed by atoms with Crippen molar-refractivity contribution in [1.29, 1.82) is 0 Å². The Morgan fingerprint density at radius 2 is 1.87 bits per heavy atom. The van der Waals surface area contributed by atoms with Crippen molar-refractivity contribution in [3.05, 3.63) is 65.5 Å². The van der Waals surface area contributed by atoms with E-state index in [0.717, 1.165) is 5.56 Å². The van der Waals surface area contributed by atoms with Crippen LogP contribution < -0.4 is 11.1 Å². The highest BCUT2D eigenvalue weighted by Gasteiger charge is 2.13. The van der Waals surface area contributed by atoms with Gasteiger partial charge in [0.1, 0.15) is 5.82 Å². The molecule has 23 heavy (non-hydrogen) atoms. The number of hydrogen-bond donors (Lipinski definition) is 3. The Bertz CT molecular complexity index is 701. The monoisotopic (exact) mass is 316 g/mol. The van der Waals surface area contributed by atoms with Crippen molar-refractivity contribution in [3.8, 4) is 0 Å². The summed E-state index contributed by atoms with van der Waals surface area (Å²) < 4.78 is 13.1. The zero-order valence-corrected chi connectivity index (χ0v) is 12.3. The van der Waals surface area contributed by atoms with E-state index in [2.05, 4.69) is 5.32 Å². The minimum Gasteiger partial charge on any atom is -0.388 e. The molecule has 1 atom stereocenters. The van der Waals surface area contributed by atoms with Crippen molar-refractivity contribution in [2.45, 2.75) is 18.9 Å². The Hall–Kier alpha value is -2.73. The molecular formula is C17H17FN2O3. The maximum absolute atomic E-state index is 13.1. The Morgan fingerprint density at radius 3 is 2.48 bits per heavy atom. The van der Waals surface area contributed by atoms with Crippen molar-refractivity contribution in [1.82, 2.24) is 0 Å². The molecule has 1 unspecified atom stereocenters. The number of anilines is 1. The largest absolute Gasteiger partial charge is 0.388 e. The van der Waals surface area contributed by atoms with Crippen LogP contribution in [0.25, 0.3) is 0 Å². The second kappa shape index (κ2) is 7.51. The summed E-state index contributed by atoms with van der Waals surface area (Å²) in [7, 11) is 0. The van der Waals surface area contributed by atoms with Gasteiger partial charge >= 0.3 is 0 Å². The summed E-state index contributed by atoms with van der Waals surface area (Å²) in [4.78, 5) is 22.7. The van der Waals surface area contributed by atoms with Crippen LogP contribution in [0.3, 0.4) is 0 Å². The summed E-state index contributed by atoms with van der Waals surface area (Å²) in [5.41, 5.74) is 6.73. The maximum Gasteiger partial charge on any atom is 0.227 e. The SMILES string of the molecule is NC(=O)Cc1ccc(NC(=O)CC(O)c2cccc(F)c2)cc1. The van der Waals surface area contributed by atoms with Crippen LogP contribution in [0.15, 0.2) is 48.5 Å². The van der Waals surface area contributed by atoms with Crippen molar-refractivity contribution < 1.29 is 19.1 Å². The summed E-state index contributed by atoms with van der Waals surface area (Å²) in [6.45, 7) is 0. The third-order valence-corrected chi connectivity index (χ3v) is 3.23. The molecule has 2 aromatic rings. The molecule has 0 radical (unpaired) electrons. The van der Waals surface area contributed by atoms with Gasteiger partial charge in [-0.3, -0.25) is 9.59 Å². The van der Waals surface area contributed by atoms with Gasteiger partial charge in [-0.2, -0.15) is 0 Å². The van der Waals surface area contributed by atoms with Gasteiger partial charge in [0.15, 0.2) is 0 Å². The number of benzene rings is 2. The van der Waals surface area contributed by atoms with E-state index in [-0.39, 0.29) is 12.8 Å². The molecule has 0 saturated heterocycles. The summed E-state index contributed by atoms with van der Waals surface area (Å²) in [5.74, 6) is -1.29. The van der Waals surface area contributed by atoms with Crippen LogP contribution in [0, 0.1) is 5.82 Å². The van der Waals surface area contributed by atoms with E-state index >= 15 is 0 Å². The van der Waals surface area contributed by atoms with Crippen LogP contribution in [0.5, 0.6) is 0 Å². The molecule has 120 valence electrons. The van der Waals surface area contributed by atoms with E-state index in [1.54, 1.807) is 30.3 Å². The lowest BCUT2D eigenvalue weighted by atomic mass is 10.1. The highest BCUT2D eigenvalue weighted by atomic mass is 19.1. The van der Waals surface area contributed by atoms with E-state index in [0.29, 0.717) is 11.3 Å². The van der Waals surface area contributed by atoms with E-state index in [1.807, 2.05) is 0 Å². The Labute approximate surface area is 132 Å². The molecule has 0 aromatic heterocycles. The normalized spacial score (nSPS) is 11.7. The topological polar surface area (TPSA) is 92.4 Å². The van der Waals surface area contributed by atoms with Crippen LogP contribution in [0.1, 0.15) is 23.7 Å². The van der Waals surface area contributed by atoms with Crippen LogP contribution >= 0.6 is 0 Å². The number of amides is 2. The second-order valence-electron chi connectivity index (χ2n) is 5.16. The van der Waals surface area contributed by atoms with Gasteiger partial charge in [-0.15, -0.1) is 0 Å². The molecule has 6 heteroatoms. The molecule has 0 aliphatic heterocycles. The lowest BCUT2D eigenvalue weighted by Crippen LogP contribution is -2.16. The predicted molar refractivity (Wildman–Crippen MR) is 83.9 cm³/mol. The van der Waals surface area contributed by atoms with E-state index in [4.69, 9.17) is 5.73 Å². The summed E-state index contributed by atoms with van der Waals surface area (Å²) in [6, 6.07) is 12.1. The Balaban J connectivity index is 1.92. The Morgan fingerprint density at radius 1 is 1.17 bits per heavy atom. The van der Waals surface area contributed by atoms with Crippen LogP contribution in [-0.2, 0) is 16.0 Å². The fourth-order valence-electron chi connectivity index (χ4n) is 2.13. The van der Waals surface area contributed by atoms with Gasteiger partial charge in [0.25, 0.3) is 0 Å². The molecule has 0 bridgehead atoms. The standard InChI is InChI=1S/C17H17FN2O3/c18-13-3-1-2-12(9-13)15(21)10-17(23)20-14-6-4-11(5-7-14)8-16(19)22/h1-7,9,15,21H,8,10H2,(H2,19,22)(H,20,23). The van der Waals surface area contributed by atoms with Gasteiger partial charge in [-0.25, -0.2) is 4.39 Å². The first kappa shape index (κ1) is 16.6. The summed E-state index contributed by atoms with van der Waals surface area (Å²) >= 11 is 0. The fraction of sp³-hybridized carbons (Fsp3) is 0.176. The third-order valence-electron chi connectivity index (χ3n) is 3.23. The highest BCUT2D eigenvalue weighted by molar-refractivity contribution is 5.91. The first-order chi connectivity index (χ1) is 10.9. The van der Waals surface area contributed by atoms with Crippen molar-refractivity contribution in [2.24, 2.45) is 5.73 Å². The number of aliphatic hydroxyl groups is 1. The van der Waals surface area contributed by atoms with Crippen molar-refractivity contribution in [3.63, 3.8) is 0 Å². The van der Waals surface area contributed by atoms with Gasteiger partial charge in [0.2, 0.25) is 11.8 Å². The minimum absolute atomic E-state index is 0.131. The number of carbonyl (C=O) groups excluding carboxylic acids is 2. The lowest BCUT2D eigenvalue weighted by Gasteiger charge is -2.11. The van der Waals surface area contributed by atoms with E-state index in [9.17, 15) is 19.1 Å². The van der Waals surface area contributed by atoms with Crippen LogP contribution in [0.4, 0.5) is 10.1 Å². The number of nitrogens with two attached hydrogens (primary N) is 1. The molecule has 0 saturated carbocycles. The molecule has 0 aliphatic carbocycles. The number of carbonyl (C=O) groups is 2. The Kier molecular flexibility index (Phi) is 5.43. The lowest BCUT2D eigenvalue weighted by molar-refractivity contribution is -0.118. The van der Waals surface area contributed by atoms with Gasteiger partial charge in [0, 0.05) is 5.69 Å². The van der Waals surface area contributed by atoms with Gasteiger partial charge in [0.05, 0.1) is 18.9 Å². The van der Waals surface area contributed by atoms with Gasteiger partial charge in [-0.05, 0) is 35.4 Å². The third kappa shape index (κ3) is 5.19. The van der Waals surface area contributed by atoms with Crippen molar-refractivity contribution >= 4 is 17.5 Å². The molecule has 0 heterocycles. The van der Waals surface area contributed by atoms with Gasteiger partial charge in [-0.1, -0.05) is 24.3 Å². The summed E-state index contributed by atoms with van der Waals surface area (Å²) in [6.07, 6.45) is -1.14. The number of aliphatic hydroxyl groups excluding tert-OH is 1. The molecule has 5 nitrogen and oxygen atoms in total. The number of rotatable bonds is 6. The van der Waals surface area contributed by atoms with E-state index in [1.165, 1.54) is 18.2 Å². The quantitative estimate of drug-likeness (QED) is 0.760. The first-order valence-corrected chi connectivity index (χ1v) is 7.04. The predicted octanol–water partition coefficient (Wildman–Crippen LogP) is 1.92. The molecular weight excluding hydrogens is 299 g/mol. The molecule has 4 N–H and O–H groups in total. The zero-order valence-electron chi connectivity index (χ0n) is 12.3. The summed E-state index contributed by atoms with van der Waals surface area (Å²) in [5, 5.41) is 12.6. The second-order valence-corrected chi connectivity index (χ2v) is 5.16. The number of hydrogen-bond acceptors (Lipinski definition) is 3. The average molecular weight is 316 g/mol. The van der Waals surface area contributed by atoms with Crippen molar-refractivity contribution in [2.75, 3.05) is 5.32 Å². The number of primary amides is 1. The average Bonchev–Trinajstić information content (AvgIpc) is 2.48. The number of nitrogens with one attached hydrogen (secondary N) is 1. The fourth-order valence-corrected chi connectivity index (χ4v) is 2.13. The molecule has 2 rings (SSSR count). The molecule has 0 fully saturated rings. The van der Waals surface area contributed by atoms with E-state index < -0.39 is 23.7 Å². The number of halogens is 1. The van der Waals surface area contributed by atoms with Crippen LogP contribution in [-0.4, -0.2) is 16.9 Å². The molecule has 0 spiro atoms. The zero-order chi connectivity index (χ0) is 16.8.